The molecule has 6 nitrogen and oxygen atoms in total. The molecule has 0 aliphatic carbocycles. The lowest BCUT2D eigenvalue weighted by Crippen LogP contribution is -2.33. The minimum Gasteiger partial charge on any atom is -0.409 e. The minimum absolute atomic E-state index is 0.00802. The number of carbonyl (C=O) groups is 1. The molecule has 0 radical (unpaired) electrons. The predicted octanol–water partition coefficient (Wildman–Crippen LogP) is 0.234. The van der Waals surface area contributed by atoms with Crippen molar-refractivity contribution in [3.8, 4) is 0 Å². The van der Waals surface area contributed by atoms with E-state index in [9.17, 15) is 9.90 Å². The smallest absolute Gasteiger partial charge is 0.253 e. The van der Waals surface area contributed by atoms with E-state index < -0.39 is 6.10 Å². The number of likely N-dealkylation sites (N-methyl/N-ethyl adjacent to an activating group) is 1. The molecule has 0 fully saturated rings. The monoisotopic (exact) mass is 251 g/mol. The molecular formula is C12H17N3O3. The van der Waals surface area contributed by atoms with E-state index in [4.69, 9.17) is 10.9 Å². The Hall–Kier alpha value is -2.08. The Bertz CT molecular complexity index is 440. The molecule has 0 saturated carbocycles. The van der Waals surface area contributed by atoms with Crippen molar-refractivity contribution in [1.82, 2.24) is 4.90 Å². The lowest BCUT2D eigenvalue weighted by atomic mass is 10.1. The SMILES string of the molecule is CC(O)CN(C)C(=O)c1ccc(C(N)=NO)cc1. The molecular weight excluding hydrogens is 234 g/mol. The molecule has 18 heavy (non-hydrogen) atoms. The van der Waals surface area contributed by atoms with Crippen LogP contribution < -0.4 is 5.73 Å². The summed E-state index contributed by atoms with van der Waals surface area (Å²) < 4.78 is 0. The van der Waals surface area contributed by atoms with E-state index in [-0.39, 0.29) is 18.3 Å². The first-order valence-electron chi connectivity index (χ1n) is 5.47. The maximum Gasteiger partial charge on any atom is 0.253 e. The molecule has 6 heteroatoms. The van der Waals surface area contributed by atoms with Crippen molar-refractivity contribution in [1.29, 1.82) is 0 Å². The first-order chi connectivity index (χ1) is 8.45. The summed E-state index contributed by atoms with van der Waals surface area (Å²) in [5, 5.41) is 20.6. The maximum atomic E-state index is 11.9. The molecule has 1 aromatic rings. The van der Waals surface area contributed by atoms with Crippen LogP contribution in [0.3, 0.4) is 0 Å². The number of aliphatic hydroxyl groups is 1. The minimum atomic E-state index is -0.574. The molecule has 1 aromatic carbocycles. The third-order valence-electron chi connectivity index (χ3n) is 2.42. The van der Waals surface area contributed by atoms with Crippen LogP contribution in [0, 0.1) is 0 Å². The maximum absolute atomic E-state index is 11.9. The van der Waals surface area contributed by atoms with Gasteiger partial charge in [0.1, 0.15) is 0 Å². The van der Waals surface area contributed by atoms with Gasteiger partial charge in [-0.1, -0.05) is 17.3 Å². The number of amides is 1. The fourth-order valence-corrected chi connectivity index (χ4v) is 1.54. The first kappa shape index (κ1) is 14.0. The number of benzene rings is 1. The van der Waals surface area contributed by atoms with Gasteiger partial charge in [-0.2, -0.15) is 0 Å². The van der Waals surface area contributed by atoms with Gasteiger partial charge in [-0.25, -0.2) is 0 Å². The highest BCUT2D eigenvalue weighted by atomic mass is 16.4. The molecule has 1 atom stereocenters. The van der Waals surface area contributed by atoms with Crippen LogP contribution in [-0.4, -0.2) is 46.7 Å². The van der Waals surface area contributed by atoms with Crippen LogP contribution in [0.25, 0.3) is 0 Å². The molecule has 0 aliphatic rings. The molecule has 1 unspecified atom stereocenters. The fraction of sp³-hybridized carbons (Fsp3) is 0.333. The van der Waals surface area contributed by atoms with E-state index in [0.29, 0.717) is 11.1 Å². The van der Waals surface area contributed by atoms with Crippen molar-refractivity contribution in [2.24, 2.45) is 10.9 Å². The van der Waals surface area contributed by atoms with Gasteiger partial charge in [0, 0.05) is 24.7 Å². The number of hydrogen-bond donors (Lipinski definition) is 3. The largest absolute Gasteiger partial charge is 0.409 e. The van der Waals surface area contributed by atoms with Gasteiger partial charge >= 0.3 is 0 Å². The van der Waals surface area contributed by atoms with Crippen molar-refractivity contribution < 1.29 is 15.1 Å². The van der Waals surface area contributed by atoms with Gasteiger partial charge in [0.05, 0.1) is 6.10 Å². The van der Waals surface area contributed by atoms with Gasteiger partial charge < -0.3 is 20.9 Å². The topological polar surface area (TPSA) is 99.2 Å². The van der Waals surface area contributed by atoms with Gasteiger partial charge in [0.2, 0.25) is 0 Å². The zero-order chi connectivity index (χ0) is 13.7. The lowest BCUT2D eigenvalue weighted by molar-refractivity contribution is 0.0703. The zero-order valence-corrected chi connectivity index (χ0v) is 10.4. The molecule has 0 aromatic heterocycles. The average Bonchev–Trinajstić information content (AvgIpc) is 2.36. The summed E-state index contributed by atoms with van der Waals surface area (Å²) in [5.41, 5.74) is 6.43. The first-order valence-corrected chi connectivity index (χ1v) is 5.47. The predicted molar refractivity (Wildman–Crippen MR) is 67.6 cm³/mol. The van der Waals surface area contributed by atoms with Crippen LogP contribution in [0.4, 0.5) is 0 Å². The molecule has 0 saturated heterocycles. The Labute approximate surface area is 105 Å². The van der Waals surface area contributed by atoms with Gasteiger partial charge in [-0.15, -0.1) is 0 Å². The molecule has 4 N–H and O–H groups in total. The standard InChI is InChI=1S/C12H17N3O3/c1-8(16)7-15(2)12(17)10-5-3-9(4-6-10)11(13)14-18/h3-6,8,16,18H,7H2,1-2H3,(H2,13,14). The number of rotatable bonds is 4. The van der Waals surface area contributed by atoms with Crippen LogP contribution in [0.5, 0.6) is 0 Å². The Morgan fingerprint density at radius 3 is 2.33 bits per heavy atom. The Morgan fingerprint density at radius 1 is 1.39 bits per heavy atom. The van der Waals surface area contributed by atoms with Gasteiger partial charge in [-0.05, 0) is 19.1 Å². The van der Waals surface area contributed by atoms with Crippen molar-refractivity contribution >= 4 is 11.7 Å². The molecule has 0 bridgehead atoms. The molecule has 0 heterocycles. The van der Waals surface area contributed by atoms with Crippen LogP contribution in [-0.2, 0) is 0 Å². The molecule has 1 amide bonds. The number of nitrogens with two attached hydrogens (primary N) is 1. The van der Waals surface area contributed by atoms with Crippen molar-refractivity contribution in [3.05, 3.63) is 35.4 Å². The number of aliphatic hydroxyl groups excluding tert-OH is 1. The number of hydrogen-bond acceptors (Lipinski definition) is 4. The van der Waals surface area contributed by atoms with Gasteiger partial charge in [0.15, 0.2) is 5.84 Å². The number of oxime groups is 1. The summed E-state index contributed by atoms with van der Waals surface area (Å²) in [7, 11) is 1.62. The molecule has 0 spiro atoms. The molecule has 0 aliphatic heterocycles. The highest BCUT2D eigenvalue weighted by Crippen LogP contribution is 2.07. The van der Waals surface area contributed by atoms with E-state index in [1.165, 1.54) is 4.90 Å². The second-order valence-corrected chi connectivity index (χ2v) is 4.10. The number of nitrogens with zero attached hydrogens (tertiary/aromatic N) is 2. The summed E-state index contributed by atoms with van der Waals surface area (Å²) in [5.74, 6) is -0.201. The average molecular weight is 251 g/mol. The fourth-order valence-electron chi connectivity index (χ4n) is 1.54. The van der Waals surface area contributed by atoms with Crippen LogP contribution in [0.2, 0.25) is 0 Å². The summed E-state index contributed by atoms with van der Waals surface area (Å²) >= 11 is 0. The van der Waals surface area contributed by atoms with E-state index in [2.05, 4.69) is 5.16 Å². The van der Waals surface area contributed by atoms with E-state index in [1.807, 2.05) is 0 Å². The molecule has 1 rings (SSSR count). The summed E-state index contributed by atoms with van der Waals surface area (Å²) in [6.45, 7) is 1.88. The quantitative estimate of drug-likeness (QED) is 0.309. The third kappa shape index (κ3) is 3.46. The Kier molecular flexibility index (Phi) is 4.67. The van der Waals surface area contributed by atoms with Crippen LogP contribution in [0.1, 0.15) is 22.8 Å². The Balaban J connectivity index is 2.82. The number of amidine groups is 1. The number of carbonyl (C=O) groups excluding carboxylic acids is 1. The Morgan fingerprint density at radius 2 is 1.89 bits per heavy atom. The summed E-state index contributed by atoms with van der Waals surface area (Å²) in [6.07, 6.45) is -0.574. The van der Waals surface area contributed by atoms with Gasteiger partial charge in [-0.3, -0.25) is 4.79 Å². The van der Waals surface area contributed by atoms with E-state index in [0.717, 1.165) is 0 Å². The third-order valence-corrected chi connectivity index (χ3v) is 2.42. The second kappa shape index (κ2) is 6.02. The summed E-state index contributed by atoms with van der Waals surface area (Å²) in [6, 6.07) is 6.37. The van der Waals surface area contributed by atoms with Crippen molar-refractivity contribution in [2.45, 2.75) is 13.0 Å². The van der Waals surface area contributed by atoms with Crippen LogP contribution in [0.15, 0.2) is 29.4 Å². The zero-order valence-electron chi connectivity index (χ0n) is 10.4. The molecule has 98 valence electrons. The highest BCUT2D eigenvalue weighted by molar-refractivity contribution is 5.99. The second-order valence-electron chi connectivity index (χ2n) is 4.10. The normalized spacial score (nSPS) is 13.2. The van der Waals surface area contributed by atoms with Crippen molar-refractivity contribution in [3.63, 3.8) is 0 Å². The van der Waals surface area contributed by atoms with Gasteiger partial charge in [0.25, 0.3) is 5.91 Å². The highest BCUT2D eigenvalue weighted by Gasteiger charge is 2.13. The van der Waals surface area contributed by atoms with Crippen LogP contribution >= 0.6 is 0 Å². The van der Waals surface area contributed by atoms with E-state index in [1.54, 1.807) is 38.2 Å². The lowest BCUT2D eigenvalue weighted by Gasteiger charge is -2.18. The summed E-state index contributed by atoms with van der Waals surface area (Å²) in [4.78, 5) is 13.4. The van der Waals surface area contributed by atoms with E-state index >= 15 is 0 Å². The van der Waals surface area contributed by atoms with Crippen molar-refractivity contribution in [2.75, 3.05) is 13.6 Å².